The highest BCUT2D eigenvalue weighted by Crippen LogP contribution is 2.35. The lowest BCUT2D eigenvalue weighted by Gasteiger charge is -2.30. The molecule has 0 bridgehead atoms. The first kappa shape index (κ1) is 18.6. The van der Waals surface area contributed by atoms with E-state index in [9.17, 15) is 4.79 Å². The molecule has 0 aliphatic carbocycles. The molecule has 1 N–H and O–H groups in total. The summed E-state index contributed by atoms with van der Waals surface area (Å²) in [5.41, 5.74) is 0.727. The van der Waals surface area contributed by atoms with Crippen molar-refractivity contribution in [2.75, 3.05) is 23.7 Å². The van der Waals surface area contributed by atoms with Crippen LogP contribution >= 0.6 is 34.4 Å². The van der Waals surface area contributed by atoms with Crippen molar-refractivity contribution in [2.24, 2.45) is 5.92 Å². The van der Waals surface area contributed by atoms with E-state index in [1.165, 1.54) is 30.9 Å². The average molecular weight is 420 g/mol. The summed E-state index contributed by atoms with van der Waals surface area (Å²) in [5, 5.41) is 6.81. The Morgan fingerprint density at radius 2 is 2.37 bits per heavy atom. The Balaban J connectivity index is 1.41. The summed E-state index contributed by atoms with van der Waals surface area (Å²) in [6.45, 7) is 4.95. The van der Waals surface area contributed by atoms with Crippen LogP contribution in [0.1, 0.15) is 24.6 Å². The van der Waals surface area contributed by atoms with Crippen molar-refractivity contribution in [3.8, 4) is 0 Å². The van der Waals surface area contributed by atoms with E-state index in [4.69, 9.17) is 4.98 Å². The highest BCUT2D eigenvalue weighted by Gasteiger charge is 2.21. The quantitative estimate of drug-likeness (QED) is 0.484. The smallest absolute Gasteiger partial charge is 0.230 e. The van der Waals surface area contributed by atoms with Gasteiger partial charge in [0.25, 0.3) is 0 Å². The van der Waals surface area contributed by atoms with E-state index < -0.39 is 0 Å². The van der Waals surface area contributed by atoms with Crippen LogP contribution in [0.5, 0.6) is 0 Å². The molecule has 4 heterocycles. The first-order valence-corrected chi connectivity index (χ1v) is 11.7. The van der Waals surface area contributed by atoms with Crippen LogP contribution in [-0.2, 0) is 11.3 Å². The van der Waals surface area contributed by atoms with Gasteiger partial charge in [-0.05, 0) is 30.2 Å². The number of hydrogen-bond donors (Lipinski definition) is 1. The van der Waals surface area contributed by atoms with Crippen LogP contribution in [0.3, 0.4) is 0 Å². The summed E-state index contributed by atoms with van der Waals surface area (Å²) in [6.07, 6.45) is 4.02. The lowest BCUT2D eigenvalue weighted by Crippen LogP contribution is -2.34. The highest BCUT2D eigenvalue weighted by molar-refractivity contribution is 8.00. The molecule has 27 heavy (non-hydrogen) atoms. The van der Waals surface area contributed by atoms with E-state index in [-0.39, 0.29) is 5.91 Å². The molecule has 0 spiro atoms. The largest absolute Gasteiger partial charge is 0.350 e. The van der Waals surface area contributed by atoms with Crippen LogP contribution in [-0.4, -0.2) is 39.7 Å². The molecule has 1 fully saturated rings. The Morgan fingerprint density at radius 3 is 3.19 bits per heavy atom. The number of hydrogen-bond acceptors (Lipinski definition) is 8. The standard InChI is InChI=1S/C18H21N5OS3/c1-12-4-2-6-23(9-12)18-22-16-15(27-18)17(21-11-20-16)26-10-14(24)19-8-13-5-3-7-25-13/h3,5,7,11-12H,2,4,6,8-10H2,1H3,(H,19,24)/t12-/m0/s1. The SMILES string of the molecule is C[C@H]1CCCN(c2nc3ncnc(SCC(=O)NCc4cccs4)c3s2)C1. The van der Waals surface area contributed by atoms with E-state index in [1.54, 1.807) is 22.7 Å². The van der Waals surface area contributed by atoms with Crippen LogP contribution in [0.15, 0.2) is 28.9 Å². The molecule has 3 aromatic rings. The van der Waals surface area contributed by atoms with Gasteiger partial charge in [0.05, 0.1) is 12.3 Å². The molecular formula is C18H21N5OS3. The third-order valence-electron chi connectivity index (χ3n) is 4.45. The predicted molar refractivity (Wildman–Crippen MR) is 113 cm³/mol. The first-order valence-electron chi connectivity index (χ1n) is 8.97. The van der Waals surface area contributed by atoms with Crippen LogP contribution in [0.4, 0.5) is 5.13 Å². The van der Waals surface area contributed by atoms with Crippen molar-refractivity contribution in [1.82, 2.24) is 20.3 Å². The molecule has 1 amide bonds. The second-order valence-corrected chi connectivity index (χ2v) is 9.64. The van der Waals surface area contributed by atoms with Gasteiger partial charge in [0.15, 0.2) is 10.8 Å². The molecule has 9 heteroatoms. The number of piperidine rings is 1. The van der Waals surface area contributed by atoms with Gasteiger partial charge in [-0.3, -0.25) is 4.79 Å². The summed E-state index contributed by atoms with van der Waals surface area (Å²) < 4.78 is 0.974. The number of thioether (sulfide) groups is 1. The summed E-state index contributed by atoms with van der Waals surface area (Å²) in [7, 11) is 0. The normalized spacial score (nSPS) is 17.4. The number of anilines is 1. The van der Waals surface area contributed by atoms with Gasteiger partial charge >= 0.3 is 0 Å². The molecular weight excluding hydrogens is 398 g/mol. The predicted octanol–water partition coefficient (Wildman–Crippen LogP) is 3.79. The molecule has 1 aliphatic rings. The molecule has 0 unspecified atom stereocenters. The first-order chi connectivity index (χ1) is 13.2. The fourth-order valence-corrected chi connectivity index (χ4v) is 5.71. The maximum Gasteiger partial charge on any atom is 0.230 e. The Bertz CT molecular complexity index is 911. The number of amides is 1. The molecule has 3 aromatic heterocycles. The molecule has 1 atom stereocenters. The van der Waals surface area contributed by atoms with E-state index in [1.807, 2.05) is 17.5 Å². The molecule has 0 radical (unpaired) electrons. The number of nitrogens with one attached hydrogen (secondary N) is 1. The van der Waals surface area contributed by atoms with Gasteiger partial charge in [0, 0.05) is 18.0 Å². The summed E-state index contributed by atoms with van der Waals surface area (Å²) in [4.78, 5) is 29.1. The third kappa shape index (κ3) is 4.59. The van der Waals surface area contributed by atoms with Crippen molar-refractivity contribution in [3.63, 3.8) is 0 Å². The van der Waals surface area contributed by atoms with E-state index in [0.29, 0.717) is 18.2 Å². The topological polar surface area (TPSA) is 71.0 Å². The average Bonchev–Trinajstić information content (AvgIpc) is 3.34. The van der Waals surface area contributed by atoms with Crippen molar-refractivity contribution in [3.05, 3.63) is 28.7 Å². The minimum atomic E-state index is 0.00903. The Hall–Kier alpha value is -1.71. The number of aromatic nitrogens is 3. The van der Waals surface area contributed by atoms with Gasteiger partial charge in [0.1, 0.15) is 16.1 Å². The van der Waals surface area contributed by atoms with Crippen molar-refractivity contribution >= 4 is 55.8 Å². The van der Waals surface area contributed by atoms with Gasteiger partial charge in [-0.1, -0.05) is 36.1 Å². The zero-order valence-electron chi connectivity index (χ0n) is 15.1. The van der Waals surface area contributed by atoms with E-state index in [0.717, 1.165) is 38.5 Å². The Kier molecular flexibility index (Phi) is 5.89. The zero-order valence-corrected chi connectivity index (χ0v) is 17.5. The van der Waals surface area contributed by atoms with Gasteiger partial charge in [0.2, 0.25) is 5.91 Å². The van der Waals surface area contributed by atoms with Crippen molar-refractivity contribution in [1.29, 1.82) is 0 Å². The minimum Gasteiger partial charge on any atom is -0.350 e. The fourth-order valence-electron chi connectivity index (χ4n) is 3.11. The van der Waals surface area contributed by atoms with Crippen LogP contribution in [0.25, 0.3) is 10.3 Å². The summed E-state index contributed by atoms with van der Waals surface area (Å²) in [5.74, 6) is 1.04. The second-order valence-electron chi connectivity index (χ2n) is 6.67. The minimum absolute atomic E-state index is 0.00903. The van der Waals surface area contributed by atoms with Gasteiger partial charge in [-0.2, -0.15) is 4.98 Å². The van der Waals surface area contributed by atoms with Gasteiger partial charge < -0.3 is 10.2 Å². The number of thiazole rings is 1. The maximum absolute atomic E-state index is 12.1. The lowest BCUT2D eigenvalue weighted by molar-refractivity contribution is -0.118. The Morgan fingerprint density at radius 1 is 1.44 bits per heavy atom. The Labute approximate surface area is 170 Å². The number of rotatable bonds is 6. The van der Waals surface area contributed by atoms with Crippen LogP contribution in [0, 0.1) is 5.92 Å². The molecule has 0 aromatic carbocycles. The molecule has 4 rings (SSSR count). The molecule has 142 valence electrons. The number of nitrogens with zero attached hydrogens (tertiary/aromatic N) is 4. The number of carbonyl (C=O) groups is 1. The van der Waals surface area contributed by atoms with E-state index >= 15 is 0 Å². The number of thiophene rings is 1. The van der Waals surface area contributed by atoms with Crippen molar-refractivity contribution in [2.45, 2.75) is 31.3 Å². The molecule has 0 saturated carbocycles. The molecule has 1 saturated heterocycles. The second kappa shape index (κ2) is 8.53. The third-order valence-corrected chi connectivity index (χ3v) is 7.56. The monoisotopic (exact) mass is 419 g/mol. The fraction of sp³-hybridized carbons (Fsp3) is 0.444. The number of carbonyl (C=O) groups excluding carboxylic acids is 1. The molecule has 1 aliphatic heterocycles. The highest BCUT2D eigenvalue weighted by atomic mass is 32.2. The maximum atomic E-state index is 12.1. The van der Waals surface area contributed by atoms with Gasteiger partial charge in [-0.25, -0.2) is 9.97 Å². The zero-order chi connectivity index (χ0) is 18.6. The van der Waals surface area contributed by atoms with Gasteiger partial charge in [-0.15, -0.1) is 11.3 Å². The van der Waals surface area contributed by atoms with Crippen LogP contribution in [0.2, 0.25) is 0 Å². The number of fused-ring (bicyclic) bond motifs is 1. The van der Waals surface area contributed by atoms with Crippen LogP contribution < -0.4 is 10.2 Å². The molecule has 6 nitrogen and oxygen atoms in total. The summed E-state index contributed by atoms with van der Waals surface area (Å²) in [6, 6.07) is 4.01. The van der Waals surface area contributed by atoms with E-state index in [2.05, 4.69) is 27.1 Å². The lowest BCUT2D eigenvalue weighted by atomic mass is 10.0. The summed E-state index contributed by atoms with van der Waals surface area (Å²) >= 11 is 4.73. The van der Waals surface area contributed by atoms with Crippen molar-refractivity contribution < 1.29 is 4.79 Å².